The van der Waals surface area contributed by atoms with Crippen molar-refractivity contribution in [3.8, 4) is 0 Å². The molecule has 1 heterocycles. The van der Waals surface area contributed by atoms with Crippen LogP contribution in [0.15, 0.2) is 35.5 Å². The summed E-state index contributed by atoms with van der Waals surface area (Å²) in [4.78, 5) is 59.1. The van der Waals surface area contributed by atoms with Crippen LogP contribution in [0.3, 0.4) is 0 Å². The van der Waals surface area contributed by atoms with Crippen LogP contribution in [0.25, 0.3) is 10.9 Å². The molecule has 0 saturated carbocycles. The highest BCUT2D eigenvalue weighted by molar-refractivity contribution is 5.95. The van der Waals surface area contributed by atoms with Crippen LogP contribution in [0, 0.1) is 11.8 Å². The predicted molar refractivity (Wildman–Crippen MR) is 162 cm³/mol. The van der Waals surface area contributed by atoms with E-state index in [1.807, 2.05) is 45.0 Å². The molecule has 0 aliphatic rings. The third kappa shape index (κ3) is 9.75. The van der Waals surface area contributed by atoms with Crippen molar-refractivity contribution in [3.05, 3.63) is 36.0 Å². The number of para-hydroxylation sites is 1. The molecule has 1 aromatic carbocycles. The van der Waals surface area contributed by atoms with Crippen LogP contribution >= 0.6 is 0 Å². The van der Waals surface area contributed by atoms with Gasteiger partial charge in [-0.05, 0) is 36.3 Å². The van der Waals surface area contributed by atoms with Gasteiger partial charge in [0.2, 0.25) is 17.7 Å². The van der Waals surface area contributed by atoms with Crippen molar-refractivity contribution >= 4 is 40.6 Å². The lowest BCUT2D eigenvalue weighted by atomic mass is 9.97. The predicted octanol–water partition coefficient (Wildman–Crippen LogP) is 0.723. The van der Waals surface area contributed by atoms with Crippen LogP contribution < -0.4 is 33.2 Å². The molecule has 2 aromatic rings. The molecule has 0 radical (unpaired) electrons. The molecule has 2 rings (SSSR count). The first-order valence-electron chi connectivity index (χ1n) is 14.4. The summed E-state index contributed by atoms with van der Waals surface area (Å²) in [6, 6.07) is 3.36. The number of amides is 3. The molecule has 1 aromatic heterocycles. The Balaban J connectivity index is 2.36. The van der Waals surface area contributed by atoms with E-state index >= 15 is 0 Å². The van der Waals surface area contributed by atoms with Crippen molar-refractivity contribution in [1.29, 1.82) is 0 Å². The smallest absolute Gasteiger partial charge is 0.326 e. The van der Waals surface area contributed by atoms with Crippen molar-refractivity contribution in [2.75, 3.05) is 6.54 Å². The van der Waals surface area contributed by atoms with E-state index in [0.29, 0.717) is 19.3 Å². The average Bonchev–Trinajstić information content (AvgIpc) is 3.37. The van der Waals surface area contributed by atoms with E-state index in [4.69, 9.17) is 17.2 Å². The number of nitrogens with two attached hydrogens (primary N) is 3. The van der Waals surface area contributed by atoms with Crippen LogP contribution in [0.1, 0.15) is 58.9 Å². The summed E-state index contributed by atoms with van der Waals surface area (Å²) in [5, 5.41) is 18.7. The first-order valence-corrected chi connectivity index (χ1v) is 14.4. The molecule has 0 aliphatic carbocycles. The van der Waals surface area contributed by atoms with Gasteiger partial charge in [-0.1, -0.05) is 58.7 Å². The lowest BCUT2D eigenvalue weighted by molar-refractivity contribution is -0.143. The minimum absolute atomic E-state index is 0.0789. The maximum atomic E-state index is 13.6. The van der Waals surface area contributed by atoms with Gasteiger partial charge in [-0.25, -0.2) is 4.79 Å². The van der Waals surface area contributed by atoms with Crippen LogP contribution in [-0.4, -0.2) is 70.5 Å². The number of nitrogens with one attached hydrogen (secondary N) is 4. The molecule has 0 fully saturated rings. The number of hydrogen-bond acceptors (Lipinski definition) is 6. The number of hydrogen-bond donors (Lipinski definition) is 8. The Hall–Kier alpha value is -4.13. The van der Waals surface area contributed by atoms with Crippen molar-refractivity contribution in [3.63, 3.8) is 0 Å². The van der Waals surface area contributed by atoms with Crippen LogP contribution in [0.2, 0.25) is 0 Å². The van der Waals surface area contributed by atoms with Gasteiger partial charge in [0.25, 0.3) is 0 Å². The highest BCUT2D eigenvalue weighted by Gasteiger charge is 2.32. The molecule has 0 spiro atoms. The maximum absolute atomic E-state index is 13.6. The fraction of sp³-hybridized carbons (Fsp3) is 0.552. The molecule has 13 nitrogen and oxygen atoms in total. The number of H-pyrrole nitrogens is 1. The zero-order valence-electron chi connectivity index (χ0n) is 24.9. The lowest BCUT2D eigenvalue weighted by Crippen LogP contribution is -2.58. The van der Waals surface area contributed by atoms with Gasteiger partial charge in [0.15, 0.2) is 5.96 Å². The van der Waals surface area contributed by atoms with Crippen molar-refractivity contribution in [2.45, 2.75) is 84.0 Å². The minimum Gasteiger partial charge on any atom is -0.480 e. The molecular weight excluding hydrogens is 540 g/mol. The number of fused-ring (bicyclic) bond motifs is 1. The highest BCUT2D eigenvalue weighted by Crippen LogP contribution is 2.20. The van der Waals surface area contributed by atoms with E-state index in [9.17, 15) is 24.3 Å². The average molecular weight is 587 g/mol. The van der Waals surface area contributed by atoms with Crippen molar-refractivity contribution in [1.82, 2.24) is 20.9 Å². The SMILES string of the molecule is CCC(C)C(N)C(=O)NC(CCCN=C(N)N)C(=O)NC(Cc1c[nH]c2ccccc12)C(=O)NC(C(=O)O)C(C)CC. The zero-order chi connectivity index (χ0) is 31.4. The number of benzene rings is 1. The van der Waals surface area contributed by atoms with Gasteiger partial charge in [-0.2, -0.15) is 0 Å². The van der Waals surface area contributed by atoms with Gasteiger partial charge in [-0.15, -0.1) is 0 Å². The maximum Gasteiger partial charge on any atom is 0.326 e. The van der Waals surface area contributed by atoms with Gasteiger partial charge in [-0.3, -0.25) is 19.4 Å². The molecule has 11 N–H and O–H groups in total. The summed E-state index contributed by atoms with van der Waals surface area (Å²) in [6.07, 6.45) is 3.56. The molecule has 13 heteroatoms. The summed E-state index contributed by atoms with van der Waals surface area (Å²) in [5.74, 6) is -3.48. The Kier molecular flexibility index (Phi) is 13.3. The second-order valence-electron chi connectivity index (χ2n) is 10.8. The van der Waals surface area contributed by atoms with E-state index in [1.165, 1.54) is 0 Å². The molecular formula is C29H46N8O5. The van der Waals surface area contributed by atoms with Gasteiger partial charge in [0.1, 0.15) is 18.1 Å². The van der Waals surface area contributed by atoms with Crippen molar-refractivity contribution < 1.29 is 24.3 Å². The topological polar surface area (TPSA) is 231 Å². The summed E-state index contributed by atoms with van der Waals surface area (Å²) >= 11 is 0. The number of aromatic nitrogens is 1. The largest absolute Gasteiger partial charge is 0.480 e. The number of rotatable bonds is 17. The normalized spacial score (nSPS) is 15.5. The minimum atomic E-state index is -1.17. The Bertz CT molecular complexity index is 1240. The fourth-order valence-electron chi connectivity index (χ4n) is 4.49. The molecule has 6 atom stereocenters. The standard InChI is InChI=1S/C29H46N8O5/c1-5-16(3)23(30)27(40)35-21(12-9-13-33-29(31)32)25(38)36-22(26(39)37-24(28(41)42)17(4)6-2)14-18-15-34-20-11-8-7-10-19(18)20/h7-8,10-11,15-17,21-24,34H,5-6,9,12-14,30H2,1-4H3,(H,35,40)(H,36,38)(H,37,39)(H,41,42)(H4,31,32,33). The molecule has 0 saturated heterocycles. The summed E-state index contributed by atoms with van der Waals surface area (Å²) in [6.45, 7) is 7.55. The van der Waals surface area contributed by atoms with E-state index in [-0.39, 0.29) is 37.2 Å². The number of aliphatic carboxylic acids is 1. The number of carbonyl (C=O) groups is 4. The number of guanidine groups is 1. The second-order valence-corrected chi connectivity index (χ2v) is 10.8. The Morgan fingerprint density at radius 3 is 2.17 bits per heavy atom. The Morgan fingerprint density at radius 2 is 1.55 bits per heavy atom. The summed E-state index contributed by atoms with van der Waals surface area (Å²) < 4.78 is 0. The molecule has 6 unspecified atom stereocenters. The fourth-order valence-corrected chi connectivity index (χ4v) is 4.49. The van der Waals surface area contributed by atoms with Crippen LogP contribution in [0.4, 0.5) is 0 Å². The van der Waals surface area contributed by atoms with Gasteiger partial charge in [0.05, 0.1) is 6.04 Å². The number of carboxylic acids is 1. The monoisotopic (exact) mass is 586 g/mol. The first-order chi connectivity index (χ1) is 19.9. The molecule has 0 aliphatic heterocycles. The third-order valence-corrected chi connectivity index (χ3v) is 7.65. The zero-order valence-corrected chi connectivity index (χ0v) is 24.9. The quantitative estimate of drug-likeness (QED) is 0.0746. The Morgan fingerprint density at radius 1 is 0.929 bits per heavy atom. The van der Waals surface area contributed by atoms with Crippen LogP contribution in [0.5, 0.6) is 0 Å². The number of aliphatic imine (C=N–C) groups is 1. The van der Waals surface area contributed by atoms with Crippen LogP contribution in [-0.2, 0) is 25.6 Å². The molecule has 0 bridgehead atoms. The molecule has 232 valence electrons. The third-order valence-electron chi connectivity index (χ3n) is 7.65. The van der Waals surface area contributed by atoms with E-state index in [1.54, 1.807) is 13.1 Å². The Labute approximate surface area is 246 Å². The van der Waals surface area contributed by atoms with E-state index < -0.39 is 47.9 Å². The number of nitrogens with zero attached hydrogens (tertiary/aromatic N) is 1. The molecule has 42 heavy (non-hydrogen) atoms. The van der Waals surface area contributed by atoms with E-state index in [0.717, 1.165) is 16.5 Å². The highest BCUT2D eigenvalue weighted by atomic mass is 16.4. The van der Waals surface area contributed by atoms with Gasteiger partial charge in [0, 0.05) is 30.1 Å². The van der Waals surface area contributed by atoms with E-state index in [2.05, 4.69) is 25.9 Å². The molecule has 3 amide bonds. The van der Waals surface area contributed by atoms with Gasteiger partial charge < -0.3 is 43.2 Å². The number of aromatic amines is 1. The number of carboxylic acid groups (broad SMARTS) is 1. The van der Waals surface area contributed by atoms with Crippen molar-refractivity contribution in [2.24, 2.45) is 34.0 Å². The second kappa shape index (κ2) is 16.3. The first kappa shape index (κ1) is 34.1. The summed E-state index contributed by atoms with van der Waals surface area (Å²) in [5.41, 5.74) is 18.5. The van der Waals surface area contributed by atoms with Gasteiger partial charge >= 0.3 is 5.97 Å². The number of carbonyl (C=O) groups excluding carboxylic acids is 3. The lowest BCUT2D eigenvalue weighted by Gasteiger charge is -2.27. The summed E-state index contributed by atoms with van der Waals surface area (Å²) in [7, 11) is 0.